The summed E-state index contributed by atoms with van der Waals surface area (Å²) >= 11 is 0. The molecule has 0 saturated heterocycles. The van der Waals surface area contributed by atoms with Gasteiger partial charge in [-0.2, -0.15) is 0 Å². The summed E-state index contributed by atoms with van der Waals surface area (Å²) in [5.41, 5.74) is 2.44. The molecule has 0 amide bonds. The van der Waals surface area contributed by atoms with Gasteiger partial charge in [0, 0.05) is 6.42 Å². The lowest BCUT2D eigenvalue weighted by molar-refractivity contribution is 0.0146. The molecule has 4 heteroatoms. The third-order valence-corrected chi connectivity index (χ3v) is 8.40. The molecule has 0 aromatic carbocycles. The third-order valence-electron chi connectivity index (χ3n) is 8.40. The van der Waals surface area contributed by atoms with E-state index in [1.165, 1.54) is 12.0 Å². The van der Waals surface area contributed by atoms with E-state index in [4.69, 9.17) is 0 Å². The van der Waals surface area contributed by atoms with Crippen molar-refractivity contribution in [3.05, 3.63) is 35.5 Å². The van der Waals surface area contributed by atoms with Gasteiger partial charge in [-0.15, -0.1) is 0 Å². The number of allylic oxidation sites excluding steroid dienone is 2. The zero-order valence-corrected chi connectivity index (χ0v) is 20.0. The molecular weight excluding hydrogens is 388 g/mol. The first-order valence-corrected chi connectivity index (χ1v) is 12.3. The summed E-state index contributed by atoms with van der Waals surface area (Å²) in [5, 5.41) is 41.0. The van der Waals surface area contributed by atoms with Crippen molar-refractivity contribution in [1.29, 1.82) is 0 Å². The highest BCUT2D eigenvalue weighted by molar-refractivity contribution is 5.38. The summed E-state index contributed by atoms with van der Waals surface area (Å²) in [6.07, 6.45) is 10.5. The van der Waals surface area contributed by atoms with Crippen molar-refractivity contribution in [1.82, 2.24) is 0 Å². The maximum atomic E-state index is 10.8. The Kier molecular flexibility index (Phi) is 7.57. The number of fused-ring (bicyclic) bond motifs is 1. The third kappa shape index (κ3) is 5.71. The van der Waals surface area contributed by atoms with Gasteiger partial charge in [0.15, 0.2) is 0 Å². The molecule has 0 aromatic rings. The van der Waals surface area contributed by atoms with E-state index in [0.29, 0.717) is 42.6 Å². The van der Waals surface area contributed by atoms with E-state index in [9.17, 15) is 20.4 Å². The van der Waals surface area contributed by atoms with Gasteiger partial charge >= 0.3 is 0 Å². The number of aliphatic hydroxyl groups excluding tert-OH is 3. The lowest BCUT2D eigenvalue weighted by Gasteiger charge is -2.46. The highest BCUT2D eigenvalue weighted by atomic mass is 16.3. The van der Waals surface area contributed by atoms with Crippen LogP contribution >= 0.6 is 0 Å². The van der Waals surface area contributed by atoms with E-state index in [0.717, 1.165) is 37.7 Å². The number of hydrogen-bond donors (Lipinski definition) is 4. The predicted octanol–water partition coefficient (Wildman–Crippen LogP) is 4.68. The van der Waals surface area contributed by atoms with Crippen molar-refractivity contribution in [2.24, 2.45) is 23.2 Å². The van der Waals surface area contributed by atoms with Gasteiger partial charge in [-0.05, 0) is 86.7 Å². The smallest absolute Gasteiger partial charge is 0.0811 e. The van der Waals surface area contributed by atoms with Crippen molar-refractivity contribution < 1.29 is 20.4 Å². The van der Waals surface area contributed by atoms with Crippen molar-refractivity contribution in [2.75, 3.05) is 0 Å². The van der Waals surface area contributed by atoms with Gasteiger partial charge in [0.25, 0.3) is 0 Å². The largest absolute Gasteiger partial charge is 0.393 e. The Hall–Kier alpha value is -0.940. The molecule has 0 spiro atoms. The molecule has 2 unspecified atom stereocenters. The number of hydrogen-bond acceptors (Lipinski definition) is 4. The van der Waals surface area contributed by atoms with Crippen LogP contribution in [0.5, 0.6) is 0 Å². The van der Waals surface area contributed by atoms with Crippen LogP contribution in [0.2, 0.25) is 0 Å². The SMILES string of the molecule is C=C1/C(=C\C=C2/C[C@@H](O)C[C@@]3(C)C2CC[C@@H]3[C@H](C)CCCC(C)(C)O)C[C@@H](O)CC1O. The highest BCUT2D eigenvalue weighted by Crippen LogP contribution is 2.60. The average molecular weight is 433 g/mol. The number of rotatable bonds is 6. The van der Waals surface area contributed by atoms with Crippen molar-refractivity contribution in [3.63, 3.8) is 0 Å². The first-order valence-electron chi connectivity index (χ1n) is 12.3. The van der Waals surface area contributed by atoms with Crippen LogP contribution in [0, 0.1) is 23.2 Å². The Bertz CT molecular complexity index is 715. The molecule has 31 heavy (non-hydrogen) atoms. The maximum Gasteiger partial charge on any atom is 0.0811 e. The van der Waals surface area contributed by atoms with Crippen molar-refractivity contribution in [3.8, 4) is 0 Å². The summed E-state index contributed by atoms with van der Waals surface area (Å²) in [6, 6.07) is 0. The van der Waals surface area contributed by atoms with E-state index in [1.807, 2.05) is 19.9 Å². The molecule has 3 saturated carbocycles. The van der Waals surface area contributed by atoms with E-state index < -0.39 is 17.8 Å². The quantitative estimate of drug-likeness (QED) is 0.491. The van der Waals surface area contributed by atoms with Gasteiger partial charge in [-0.25, -0.2) is 0 Å². The van der Waals surface area contributed by atoms with Crippen LogP contribution < -0.4 is 0 Å². The molecule has 3 fully saturated rings. The zero-order chi connectivity index (χ0) is 23.0. The molecule has 3 aliphatic rings. The molecule has 4 N–H and O–H groups in total. The Labute approximate surface area is 188 Å². The molecule has 0 bridgehead atoms. The topological polar surface area (TPSA) is 80.9 Å². The minimum atomic E-state index is -0.670. The van der Waals surface area contributed by atoms with Gasteiger partial charge in [-0.3, -0.25) is 0 Å². The van der Waals surface area contributed by atoms with E-state index in [2.05, 4.69) is 26.5 Å². The molecule has 0 heterocycles. The first kappa shape index (κ1) is 24.7. The summed E-state index contributed by atoms with van der Waals surface area (Å²) in [5.74, 6) is 1.63. The average Bonchev–Trinajstić information content (AvgIpc) is 2.98. The fourth-order valence-corrected chi connectivity index (χ4v) is 6.80. The number of aliphatic hydroxyl groups is 4. The van der Waals surface area contributed by atoms with Crippen LogP contribution in [0.4, 0.5) is 0 Å². The fraction of sp³-hybridized carbons (Fsp3) is 0.778. The molecule has 3 aliphatic carbocycles. The molecule has 3 rings (SSSR count). The molecule has 0 radical (unpaired) electrons. The maximum absolute atomic E-state index is 10.8. The van der Waals surface area contributed by atoms with Crippen molar-refractivity contribution >= 4 is 0 Å². The standard InChI is InChI=1S/C27H44O4/c1-17(7-6-12-26(3,4)31)23-10-11-24-20(14-22(29)16-27(23,24)5)9-8-19-13-21(28)15-25(30)18(19)2/h8-9,17,21-25,28-31H,2,6-7,10-16H2,1,3-5H3/b19-8-,20-9+/t17-,21-,22-,23-,24?,25?,27-/m1/s1. The van der Waals surface area contributed by atoms with E-state index in [-0.39, 0.29) is 11.5 Å². The summed E-state index contributed by atoms with van der Waals surface area (Å²) in [7, 11) is 0. The zero-order valence-electron chi connectivity index (χ0n) is 20.0. The Morgan fingerprint density at radius 2 is 1.84 bits per heavy atom. The molecule has 7 atom stereocenters. The summed E-state index contributed by atoms with van der Waals surface area (Å²) in [4.78, 5) is 0. The Balaban J connectivity index is 1.75. The van der Waals surface area contributed by atoms with Crippen LogP contribution in [-0.4, -0.2) is 44.3 Å². The monoisotopic (exact) mass is 432 g/mol. The van der Waals surface area contributed by atoms with Gasteiger partial charge < -0.3 is 20.4 Å². The van der Waals surface area contributed by atoms with Gasteiger partial charge in [-0.1, -0.05) is 51.0 Å². The lowest BCUT2D eigenvalue weighted by Crippen LogP contribution is -2.41. The molecule has 176 valence electrons. The van der Waals surface area contributed by atoms with Crippen LogP contribution in [-0.2, 0) is 0 Å². The van der Waals surface area contributed by atoms with E-state index in [1.54, 1.807) is 0 Å². The van der Waals surface area contributed by atoms with E-state index >= 15 is 0 Å². The lowest BCUT2D eigenvalue weighted by atomic mass is 9.60. The van der Waals surface area contributed by atoms with Gasteiger partial charge in [0.1, 0.15) is 0 Å². The van der Waals surface area contributed by atoms with Gasteiger partial charge in [0.05, 0.1) is 23.9 Å². The predicted molar refractivity (Wildman–Crippen MR) is 125 cm³/mol. The summed E-state index contributed by atoms with van der Waals surface area (Å²) in [6.45, 7) is 12.5. The minimum Gasteiger partial charge on any atom is -0.393 e. The Morgan fingerprint density at radius 1 is 1.13 bits per heavy atom. The second-order valence-corrected chi connectivity index (χ2v) is 11.6. The van der Waals surface area contributed by atoms with Crippen molar-refractivity contribution in [2.45, 2.75) is 109 Å². The molecule has 0 aliphatic heterocycles. The van der Waals surface area contributed by atoms with Crippen LogP contribution in [0.3, 0.4) is 0 Å². The normalized spacial score (nSPS) is 40.4. The van der Waals surface area contributed by atoms with Crippen LogP contribution in [0.15, 0.2) is 35.5 Å². The molecule has 4 nitrogen and oxygen atoms in total. The first-order chi connectivity index (χ1) is 14.4. The summed E-state index contributed by atoms with van der Waals surface area (Å²) < 4.78 is 0. The second-order valence-electron chi connectivity index (χ2n) is 11.6. The van der Waals surface area contributed by atoms with Gasteiger partial charge in [0.2, 0.25) is 0 Å². The highest BCUT2D eigenvalue weighted by Gasteiger charge is 2.52. The van der Waals surface area contributed by atoms with Crippen LogP contribution in [0.1, 0.15) is 85.5 Å². The Morgan fingerprint density at radius 3 is 2.52 bits per heavy atom. The second kappa shape index (κ2) is 9.51. The fourth-order valence-electron chi connectivity index (χ4n) is 6.80. The minimum absolute atomic E-state index is 0.0960. The van der Waals surface area contributed by atoms with Crippen LogP contribution in [0.25, 0.3) is 0 Å². The molecule has 0 aromatic heterocycles. The molecular formula is C27H44O4.